The molecule has 122 valence electrons. The average molecular weight is 315 g/mol. The summed E-state index contributed by atoms with van der Waals surface area (Å²) in [6, 6.07) is 6.93. The first-order valence-electron chi connectivity index (χ1n) is 7.60. The molecule has 6 nitrogen and oxygen atoms in total. The van der Waals surface area contributed by atoms with Gasteiger partial charge in [0.05, 0.1) is 18.2 Å². The van der Waals surface area contributed by atoms with Crippen LogP contribution in [0.2, 0.25) is 0 Å². The highest BCUT2D eigenvalue weighted by atomic mass is 16.5. The molecule has 0 atom stereocenters. The summed E-state index contributed by atoms with van der Waals surface area (Å²) in [6.07, 6.45) is 2.98. The minimum absolute atomic E-state index is 0.230. The summed E-state index contributed by atoms with van der Waals surface area (Å²) in [4.78, 5) is 30.9. The Morgan fingerprint density at radius 1 is 1.39 bits per heavy atom. The van der Waals surface area contributed by atoms with Crippen LogP contribution in [0, 0.1) is 0 Å². The second-order valence-electron chi connectivity index (χ2n) is 5.35. The summed E-state index contributed by atoms with van der Waals surface area (Å²) < 4.78 is 4.70. The molecule has 0 spiro atoms. The first-order valence-corrected chi connectivity index (χ1v) is 7.60. The van der Waals surface area contributed by atoms with E-state index in [1.165, 1.54) is 7.11 Å². The molecule has 2 aromatic rings. The van der Waals surface area contributed by atoms with E-state index in [0.29, 0.717) is 29.8 Å². The van der Waals surface area contributed by atoms with E-state index in [1.807, 2.05) is 6.07 Å². The number of esters is 1. The van der Waals surface area contributed by atoms with Gasteiger partial charge in [-0.2, -0.15) is 0 Å². The zero-order chi connectivity index (χ0) is 16.8. The van der Waals surface area contributed by atoms with Crippen LogP contribution in [0.3, 0.4) is 0 Å². The lowest BCUT2D eigenvalue weighted by Gasteiger charge is -2.08. The van der Waals surface area contributed by atoms with Crippen molar-refractivity contribution in [2.75, 3.05) is 12.8 Å². The van der Waals surface area contributed by atoms with E-state index >= 15 is 0 Å². The van der Waals surface area contributed by atoms with E-state index in [4.69, 9.17) is 10.5 Å². The smallest absolute Gasteiger partial charge is 0.337 e. The zero-order valence-electron chi connectivity index (χ0n) is 13.4. The van der Waals surface area contributed by atoms with Crippen LogP contribution in [-0.4, -0.2) is 23.0 Å². The van der Waals surface area contributed by atoms with E-state index in [2.05, 4.69) is 16.9 Å². The van der Waals surface area contributed by atoms with E-state index in [0.717, 1.165) is 18.4 Å². The summed E-state index contributed by atoms with van der Waals surface area (Å²) in [5, 5.41) is 0. The van der Waals surface area contributed by atoms with Crippen molar-refractivity contribution in [3.8, 4) is 0 Å². The second-order valence-corrected chi connectivity index (χ2v) is 5.35. The van der Waals surface area contributed by atoms with Crippen molar-refractivity contribution in [1.82, 2.24) is 9.97 Å². The quantitative estimate of drug-likeness (QED) is 0.795. The Balaban J connectivity index is 2.27. The number of nitrogens with two attached hydrogens (primary N) is 1. The van der Waals surface area contributed by atoms with Crippen molar-refractivity contribution >= 4 is 11.8 Å². The molecule has 1 heterocycles. The Morgan fingerprint density at radius 2 is 2.17 bits per heavy atom. The maximum atomic E-state index is 12.2. The molecule has 0 saturated carbocycles. The Labute approximate surface area is 134 Å². The van der Waals surface area contributed by atoms with Gasteiger partial charge in [-0.3, -0.25) is 4.79 Å². The lowest BCUT2D eigenvalue weighted by atomic mass is 10.0. The molecule has 0 fully saturated rings. The van der Waals surface area contributed by atoms with Crippen LogP contribution in [0.1, 0.15) is 47.1 Å². The number of aryl methyl sites for hydroxylation is 1. The highest BCUT2D eigenvalue weighted by molar-refractivity contribution is 5.89. The van der Waals surface area contributed by atoms with Crippen molar-refractivity contribution in [3.05, 3.63) is 57.1 Å². The number of nitrogens with one attached hydrogen (secondary N) is 1. The molecule has 6 heteroatoms. The fourth-order valence-electron chi connectivity index (χ4n) is 2.33. The number of ether oxygens (including phenoxy) is 1. The molecular formula is C17H21N3O3. The topological polar surface area (TPSA) is 98.1 Å². The normalized spacial score (nSPS) is 10.5. The number of hydrogen-bond acceptors (Lipinski definition) is 5. The lowest BCUT2D eigenvalue weighted by Crippen LogP contribution is -2.20. The summed E-state index contributed by atoms with van der Waals surface area (Å²) in [5.41, 5.74) is 7.36. The standard InChI is InChI=1S/C17H21N3O3/c1-3-4-8-14-19-15(18)13(16(21)20-14)10-11-6-5-7-12(9-11)17(22)23-2/h5-7,9H,3-4,8,10H2,1-2H3,(H3,18,19,20,21). The highest BCUT2D eigenvalue weighted by Crippen LogP contribution is 2.14. The number of hydrogen-bond donors (Lipinski definition) is 2. The summed E-state index contributed by atoms with van der Waals surface area (Å²) in [7, 11) is 1.33. The summed E-state index contributed by atoms with van der Waals surface area (Å²) in [6.45, 7) is 2.07. The van der Waals surface area contributed by atoms with Crippen LogP contribution < -0.4 is 11.3 Å². The van der Waals surface area contributed by atoms with Gasteiger partial charge in [0.2, 0.25) is 0 Å². The van der Waals surface area contributed by atoms with Crippen molar-refractivity contribution in [3.63, 3.8) is 0 Å². The Bertz CT molecular complexity index is 753. The fraction of sp³-hybridized carbons (Fsp3) is 0.353. The Morgan fingerprint density at radius 3 is 2.83 bits per heavy atom. The molecular weight excluding hydrogens is 294 g/mol. The number of anilines is 1. The molecule has 0 aliphatic rings. The number of nitrogens with zero attached hydrogens (tertiary/aromatic N) is 1. The number of H-pyrrole nitrogens is 1. The van der Waals surface area contributed by atoms with E-state index < -0.39 is 5.97 Å². The van der Waals surface area contributed by atoms with Gasteiger partial charge in [-0.1, -0.05) is 25.5 Å². The number of aromatic nitrogens is 2. The molecule has 0 amide bonds. The van der Waals surface area contributed by atoms with Crippen LogP contribution in [0.25, 0.3) is 0 Å². The predicted octanol–water partition coefficient (Wildman–Crippen LogP) is 2.07. The van der Waals surface area contributed by atoms with Crippen molar-refractivity contribution < 1.29 is 9.53 Å². The van der Waals surface area contributed by atoms with Gasteiger partial charge in [-0.15, -0.1) is 0 Å². The number of rotatable bonds is 6. The van der Waals surface area contributed by atoms with Crippen LogP contribution in [0.5, 0.6) is 0 Å². The van der Waals surface area contributed by atoms with Gasteiger partial charge in [-0.05, 0) is 24.1 Å². The fourth-order valence-corrected chi connectivity index (χ4v) is 2.33. The molecule has 0 unspecified atom stereocenters. The van der Waals surface area contributed by atoms with Gasteiger partial charge in [0, 0.05) is 12.8 Å². The molecule has 23 heavy (non-hydrogen) atoms. The molecule has 0 aliphatic heterocycles. The number of benzene rings is 1. The third kappa shape index (κ3) is 4.18. The lowest BCUT2D eigenvalue weighted by molar-refractivity contribution is 0.0600. The highest BCUT2D eigenvalue weighted by Gasteiger charge is 2.12. The largest absolute Gasteiger partial charge is 0.465 e. The van der Waals surface area contributed by atoms with Crippen molar-refractivity contribution in [1.29, 1.82) is 0 Å². The third-order valence-electron chi connectivity index (χ3n) is 3.59. The molecule has 2 rings (SSSR count). The average Bonchev–Trinajstić information content (AvgIpc) is 2.55. The van der Waals surface area contributed by atoms with Gasteiger partial charge in [0.1, 0.15) is 11.6 Å². The molecule has 1 aromatic heterocycles. The third-order valence-corrected chi connectivity index (χ3v) is 3.59. The van der Waals surface area contributed by atoms with E-state index in [9.17, 15) is 9.59 Å². The van der Waals surface area contributed by atoms with Gasteiger partial charge < -0.3 is 15.5 Å². The van der Waals surface area contributed by atoms with Gasteiger partial charge in [0.15, 0.2) is 0 Å². The number of nitrogen functional groups attached to an aromatic ring is 1. The monoisotopic (exact) mass is 315 g/mol. The maximum Gasteiger partial charge on any atom is 0.337 e. The summed E-state index contributed by atoms with van der Waals surface area (Å²) >= 11 is 0. The predicted molar refractivity (Wildman–Crippen MR) is 88.5 cm³/mol. The van der Waals surface area contributed by atoms with Crippen molar-refractivity contribution in [2.24, 2.45) is 0 Å². The number of carbonyl (C=O) groups is 1. The number of unbranched alkanes of at least 4 members (excludes halogenated alkanes) is 1. The maximum absolute atomic E-state index is 12.2. The van der Waals surface area contributed by atoms with Crippen LogP contribution >= 0.6 is 0 Å². The Hall–Kier alpha value is -2.63. The minimum atomic E-state index is -0.415. The SMILES string of the molecule is CCCCc1nc(N)c(Cc2cccc(C(=O)OC)c2)c(=O)[nH]1. The molecule has 0 radical (unpaired) electrons. The second kappa shape index (κ2) is 7.58. The van der Waals surface area contributed by atoms with Crippen LogP contribution in [0.4, 0.5) is 5.82 Å². The summed E-state index contributed by atoms with van der Waals surface area (Å²) in [5.74, 6) is 0.437. The Kier molecular flexibility index (Phi) is 5.51. The van der Waals surface area contributed by atoms with Crippen LogP contribution in [0.15, 0.2) is 29.1 Å². The molecule has 0 bridgehead atoms. The first-order chi connectivity index (χ1) is 11.0. The number of aromatic amines is 1. The molecule has 1 aromatic carbocycles. The van der Waals surface area contributed by atoms with Gasteiger partial charge >= 0.3 is 5.97 Å². The van der Waals surface area contributed by atoms with E-state index in [-0.39, 0.29) is 11.4 Å². The number of methoxy groups -OCH3 is 1. The first kappa shape index (κ1) is 16.7. The van der Waals surface area contributed by atoms with Gasteiger partial charge in [-0.25, -0.2) is 9.78 Å². The molecule has 3 N–H and O–H groups in total. The van der Waals surface area contributed by atoms with Crippen molar-refractivity contribution in [2.45, 2.75) is 32.6 Å². The minimum Gasteiger partial charge on any atom is -0.465 e. The molecule has 0 aliphatic carbocycles. The molecule has 0 saturated heterocycles. The van der Waals surface area contributed by atoms with Gasteiger partial charge in [0.25, 0.3) is 5.56 Å². The van der Waals surface area contributed by atoms with Crippen LogP contribution in [-0.2, 0) is 17.6 Å². The van der Waals surface area contributed by atoms with E-state index in [1.54, 1.807) is 18.2 Å². The zero-order valence-corrected chi connectivity index (χ0v) is 13.4. The number of carbonyl (C=O) groups excluding carboxylic acids is 1.